The number of benzene rings is 2. The normalized spacial score (nSPS) is 12.8. The van der Waals surface area contributed by atoms with Gasteiger partial charge in [-0.3, -0.25) is 9.59 Å². The third kappa shape index (κ3) is 22.8. The zero-order chi connectivity index (χ0) is 38.2. The second-order valence-electron chi connectivity index (χ2n) is 15.3. The van der Waals surface area contributed by atoms with Crippen molar-refractivity contribution in [3.8, 4) is 0 Å². The van der Waals surface area contributed by atoms with Gasteiger partial charge in [-0.25, -0.2) is 9.59 Å². The Balaban J connectivity index is 1.52. The van der Waals surface area contributed by atoms with E-state index in [1.807, 2.05) is 126 Å². The molecule has 0 saturated carbocycles. The average Bonchev–Trinajstić information content (AvgIpc) is 3.06. The molecule has 10 heteroatoms. The smallest absolute Gasteiger partial charge is 0.408 e. The van der Waals surface area contributed by atoms with Crippen LogP contribution in [0.15, 0.2) is 60.7 Å². The molecule has 0 aliphatic rings. The van der Waals surface area contributed by atoms with Crippen molar-refractivity contribution in [2.45, 2.75) is 142 Å². The molecule has 0 bridgehead atoms. The molecule has 2 aromatic rings. The lowest BCUT2D eigenvalue weighted by atomic mass is 10.0. The summed E-state index contributed by atoms with van der Waals surface area (Å²) in [6.45, 7) is 10.9. The minimum Gasteiger partial charge on any atom is -0.444 e. The Hall–Kier alpha value is -2.98. The molecule has 2 atom stereocenters. The van der Waals surface area contributed by atoms with Crippen molar-refractivity contribution >= 4 is 47.3 Å². The second-order valence-corrected chi connectivity index (χ2v) is 17.7. The Kier molecular flexibility index (Phi) is 21.8. The first-order valence-corrected chi connectivity index (χ1v) is 21.3. The lowest BCUT2D eigenvalue weighted by Crippen LogP contribution is -2.44. The summed E-state index contributed by atoms with van der Waals surface area (Å²) in [5.41, 5.74) is 0.771. The molecule has 290 valence electrons. The van der Waals surface area contributed by atoms with Crippen molar-refractivity contribution in [3.63, 3.8) is 0 Å². The molecule has 0 aliphatic carbocycles. The van der Waals surface area contributed by atoms with E-state index in [-0.39, 0.29) is 11.6 Å². The summed E-state index contributed by atoms with van der Waals surface area (Å²) < 4.78 is 10.8. The molecule has 0 unspecified atom stereocenters. The molecule has 0 heterocycles. The predicted molar refractivity (Wildman–Crippen MR) is 217 cm³/mol. The topological polar surface area (TPSA) is 111 Å². The fourth-order valence-corrected chi connectivity index (χ4v) is 7.37. The Morgan fingerprint density at radius 1 is 0.519 bits per heavy atom. The van der Waals surface area contributed by atoms with Gasteiger partial charge in [0.1, 0.15) is 11.2 Å². The molecular weight excluding hydrogens is 693 g/mol. The third-order valence-electron chi connectivity index (χ3n) is 8.04. The number of ketones is 2. The third-order valence-corrected chi connectivity index (χ3v) is 10.2. The van der Waals surface area contributed by atoms with E-state index in [4.69, 9.17) is 9.47 Å². The molecule has 8 nitrogen and oxygen atoms in total. The van der Waals surface area contributed by atoms with Crippen LogP contribution >= 0.6 is 23.5 Å². The second kappa shape index (κ2) is 25.1. The fraction of sp³-hybridized carbons (Fsp3) is 0.619. The van der Waals surface area contributed by atoms with E-state index in [0.717, 1.165) is 47.0 Å². The SMILES string of the molecule is CC(C)(C)OC(=O)N[C@@H](Cc1ccccc1)C(=O)CCSCCCCCCCCCCSCCC(=O)[C@H](Cc1ccccc1)NC(=O)OC(C)(C)C. The zero-order valence-corrected chi connectivity index (χ0v) is 34.1. The molecule has 0 fully saturated rings. The molecule has 0 saturated heterocycles. The summed E-state index contributed by atoms with van der Waals surface area (Å²) in [7, 11) is 0. The van der Waals surface area contributed by atoms with Crippen molar-refractivity contribution in [2.75, 3.05) is 23.0 Å². The maximum atomic E-state index is 13.0. The van der Waals surface area contributed by atoms with Gasteiger partial charge in [-0.2, -0.15) is 23.5 Å². The Bertz CT molecular complexity index is 1210. The predicted octanol–water partition coefficient (Wildman–Crippen LogP) is 9.76. The molecule has 0 aliphatic heterocycles. The van der Waals surface area contributed by atoms with Gasteiger partial charge in [0, 0.05) is 24.3 Å². The lowest BCUT2D eigenvalue weighted by Gasteiger charge is -2.23. The zero-order valence-electron chi connectivity index (χ0n) is 32.5. The number of hydrogen-bond acceptors (Lipinski definition) is 8. The summed E-state index contributed by atoms with van der Waals surface area (Å²) >= 11 is 3.62. The van der Waals surface area contributed by atoms with Gasteiger partial charge >= 0.3 is 12.2 Å². The van der Waals surface area contributed by atoms with E-state index >= 15 is 0 Å². The number of rotatable bonds is 25. The van der Waals surface area contributed by atoms with Gasteiger partial charge in [0.25, 0.3) is 0 Å². The van der Waals surface area contributed by atoms with Crippen LogP contribution < -0.4 is 10.6 Å². The Morgan fingerprint density at radius 2 is 0.846 bits per heavy atom. The highest BCUT2D eigenvalue weighted by Crippen LogP contribution is 2.16. The minimum atomic E-state index is -0.621. The van der Waals surface area contributed by atoms with Crippen molar-refractivity contribution in [3.05, 3.63) is 71.8 Å². The highest BCUT2D eigenvalue weighted by Gasteiger charge is 2.25. The van der Waals surface area contributed by atoms with E-state index < -0.39 is 35.5 Å². The lowest BCUT2D eigenvalue weighted by molar-refractivity contribution is -0.121. The molecule has 0 aromatic heterocycles. The van der Waals surface area contributed by atoms with Crippen molar-refractivity contribution < 1.29 is 28.7 Å². The number of ether oxygens (including phenoxy) is 2. The number of thioether (sulfide) groups is 2. The van der Waals surface area contributed by atoms with Crippen LogP contribution in [-0.4, -0.2) is 70.1 Å². The maximum Gasteiger partial charge on any atom is 0.408 e. The quantitative estimate of drug-likeness (QED) is 0.0964. The number of Topliss-reactive ketones (excluding diaryl/α,β-unsaturated/α-hetero) is 2. The number of unbranched alkanes of at least 4 members (excludes halogenated alkanes) is 7. The Morgan fingerprint density at radius 3 is 1.17 bits per heavy atom. The van der Waals surface area contributed by atoms with E-state index in [2.05, 4.69) is 10.6 Å². The summed E-state index contributed by atoms with van der Waals surface area (Å²) in [6.07, 6.45) is 10.3. The minimum absolute atomic E-state index is 0.0363. The van der Waals surface area contributed by atoms with E-state index in [0.29, 0.717) is 25.7 Å². The van der Waals surface area contributed by atoms with Crippen LogP contribution in [0.4, 0.5) is 9.59 Å². The van der Waals surface area contributed by atoms with Crippen molar-refractivity contribution in [1.82, 2.24) is 10.6 Å². The van der Waals surface area contributed by atoms with Crippen LogP contribution in [0.1, 0.15) is 117 Å². The van der Waals surface area contributed by atoms with Gasteiger partial charge in [0.05, 0.1) is 12.1 Å². The molecule has 0 radical (unpaired) electrons. The summed E-state index contributed by atoms with van der Waals surface area (Å²) in [5.74, 6) is 3.66. The van der Waals surface area contributed by atoms with Crippen molar-refractivity contribution in [1.29, 1.82) is 0 Å². The first kappa shape index (κ1) is 45.2. The largest absolute Gasteiger partial charge is 0.444 e. The number of hydrogen-bond donors (Lipinski definition) is 2. The van der Waals surface area contributed by atoms with Gasteiger partial charge in [0.15, 0.2) is 11.6 Å². The standard InChI is InChI=1S/C42H64N2O6S2/c1-41(2,3)49-39(47)43-35(31-33-21-15-13-16-22-33)37(45)25-29-51-27-19-11-9-7-8-10-12-20-28-52-30-26-38(46)36(32-34-23-17-14-18-24-34)44-40(48)50-42(4,5)6/h13-18,21-24,35-36H,7-12,19-20,25-32H2,1-6H3,(H,43,47)(H,44,48)/t35-,36-/m0/s1. The first-order chi connectivity index (χ1) is 24.7. The highest BCUT2D eigenvalue weighted by atomic mass is 32.2. The molecular formula is C42H64N2O6S2. The molecule has 2 N–H and O–H groups in total. The van der Waals surface area contributed by atoms with E-state index in [1.54, 1.807) is 0 Å². The number of nitrogens with one attached hydrogen (secondary N) is 2. The van der Waals surface area contributed by atoms with Crippen molar-refractivity contribution in [2.24, 2.45) is 0 Å². The van der Waals surface area contributed by atoms with E-state index in [1.165, 1.54) is 38.5 Å². The first-order valence-electron chi connectivity index (χ1n) is 19.0. The van der Waals surface area contributed by atoms with Gasteiger partial charge in [-0.1, -0.05) is 99.2 Å². The number of alkyl carbamates (subject to hydrolysis) is 2. The van der Waals surface area contributed by atoms with Crippen LogP contribution in [-0.2, 0) is 31.9 Å². The van der Waals surface area contributed by atoms with Crippen LogP contribution in [0.25, 0.3) is 0 Å². The molecule has 2 aromatic carbocycles. The van der Waals surface area contributed by atoms with Crippen LogP contribution in [0, 0.1) is 0 Å². The molecule has 2 amide bonds. The highest BCUT2D eigenvalue weighted by molar-refractivity contribution is 7.99. The number of amides is 2. The number of carbonyl (C=O) groups excluding carboxylic acids is 4. The van der Waals surface area contributed by atoms with Gasteiger partial charge < -0.3 is 20.1 Å². The summed E-state index contributed by atoms with van der Waals surface area (Å²) in [5, 5.41) is 5.60. The fourth-order valence-electron chi connectivity index (χ4n) is 5.46. The summed E-state index contributed by atoms with van der Waals surface area (Å²) in [4.78, 5) is 50.9. The van der Waals surface area contributed by atoms with Gasteiger partial charge in [0.2, 0.25) is 0 Å². The van der Waals surface area contributed by atoms with Crippen LogP contribution in [0.3, 0.4) is 0 Å². The number of carbonyl (C=O) groups is 4. The van der Waals surface area contributed by atoms with Crippen LogP contribution in [0.2, 0.25) is 0 Å². The molecule has 52 heavy (non-hydrogen) atoms. The Labute approximate surface area is 322 Å². The van der Waals surface area contributed by atoms with Crippen LogP contribution in [0.5, 0.6) is 0 Å². The average molecular weight is 757 g/mol. The van der Waals surface area contributed by atoms with Gasteiger partial charge in [-0.05, 0) is 89.9 Å². The van der Waals surface area contributed by atoms with E-state index in [9.17, 15) is 19.2 Å². The molecule has 0 spiro atoms. The maximum absolute atomic E-state index is 13.0. The monoisotopic (exact) mass is 756 g/mol. The molecule has 2 rings (SSSR count). The summed E-state index contributed by atoms with van der Waals surface area (Å²) in [6, 6.07) is 18.3. The van der Waals surface area contributed by atoms with Gasteiger partial charge in [-0.15, -0.1) is 0 Å².